The van der Waals surface area contributed by atoms with Crippen LogP contribution in [0.2, 0.25) is 0 Å². The summed E-state index contributed by atoms with van der Waals surface area (Å²) in [5.74, 6) is -0.117. The Labute approximate surface area is 149 Å². The van der Waals surface area contributed by atoms with Crippen molar-refractivity contribution in [2.24, 2.45) is 5.92 Å². The van der Waals surface area contributed by atoms with Gasteiger partial charge in [-0.1, -0.05) is 91.0 Å². The SMILES string of the molecule is O=CC(Cc1ccccc1)C(NCc1ccccc1)c1ccccc1. The monoisotopic (exact) mass is 329 g/mol. The Morgan fingerprint density at radius 1 is 0.720 bits per heavy atom. The second-order valence-corrected chi connectivity index (χ2v) is 6.24. The maximum Gasteiger partial charge on any atom is 0.125 e. The van der Waals surface area contributed by atoms with E-state index in [2.05, 4.69) is 41.7 Å². The van der Waals surface area contributed by atoms with Crippen molar-refractivity contribution in [3.63, 3.8) is 0 Å². The molecule has 3 aromatic carbocycles. The fraction of sp³-hybridized carbons (Fsp3) is 0.174. The van der Waals surface area contributed by atoms with Crippen LogP contribution in [0.1, 0.15) is 22.7 Å². The second-order valence-electron chi connectivity index (χ2n) is 6.24. The van der Waals surface area contributed by atoms with Gasteiger partial charge in [-0.2, -0.15) is 0 Å². The molecule has 126 valence electrons. The maximum atomic E-state index is 11.9. The van der Waals surface area contributed by atoms with Gasteiger partial charge in [-0.25, -0.2) is 0 Å². The molecule has 0 radical (unpaired) electrons. The molecule has 1 N–H and O–H groups in total. The summed E-state index contributed by atoms with van der Waals surface area (Å²) < 4.78 is 0. The molecular weight excluding hydrogens is 306 g/mol. The largest absolute Gasteiger partial charge is 0.305 e. The first-order chi connectivity index (χ1) is 12.4. The van der Waals surface area contributed by atoms with Gasteiger partial charge in [-0.3, -0.25) is 0 Å². The number of hydrogen-bond acceptors (Lipinski definition) is 2. The van der Waals surface area contributed by atoms with Crippen LogP contribution >= 0.6 is 0 Å². The number of rotatable bonds is 8. The highest BCUT2D eigenvalue weighted by Gasteiger charge is 2.22. The molecule has 0 aliphatic carbocycles. The lowest BCUT2D eigenvalue weighted by Gasteiger charge is -2.25. The van der Waals surface area contributed by atoms with Crippen molar-refractivity contribution >= 4 is 6.29 Å². The third-order valence-electron chi connectivity index (χ3n) is 4.44. The smallest absolute Gasteiger partial charge is 0.125 e. The molecule has 0 spiro atoms. The molecule has 0 saturated heterocycles. The lowest BCUT2D eigenvalue weighted by Crippen LogP contribution is -2.30. The Bertz CT molecular complexity index is 756. The van der Waals surface area contributed by atoms with Gasteiger partial charge in [0.05, 0.1) is 0 Å². The third kappa shape index (κ3) is 4.88. The first-order valence-corrected chi connectivity index (χ1v) is 8.68. The minimum absolute atomic E-state index is 0.0147. The van der Waals surface area contributed by atoms with E-state index in [1.807, 2.05) is 54.6 Å². The number of hydrogen-bond donors (Lipinski definition) is 1. The van der Waals surface area contributed by atoms with E-state index in [1.165, 1.54) is 11.1 Å². The molecular formula is C23H23NO. The molecule has 2 unspecified atom stereocenters. The normalized spacial score (nSPS) is 13.1. The molecule has 0 aliphatic rings. The minimum Gasteiger partial charge on any atom is -0.305 e. The van der Waals surface area contributed by atoms with Gasteiger partial charge in [-0.15, -0.1) is 0 Å². The highest BCUT2D eigenvalue weighted by atomic mass is 16.1. The van der Waals surface area contributed by atoms with Crippen molar-refractivity contribution in [1.29, 1.82) is 0 Å². The molecule has 2 nitrogen and oxygen atoms in total. The van der Waals surface area contributed by atoms with Crippen LogP contribution in [0.15, 0.2) is 91.0 Å². The first kappa shape index (κ1) is 17.1. The van der Waals surface area contributed by atoms with Gasteiger partial charge in [-0.05, 0) is 23.1 Å². The highest BCUT2D eigenvalue weighted by Crippen LogP contribution is 2.24. The van der Waals surface area contributed by atoms with Crippen LogP contribution in [0.4, 0.5) is 0 Å². The van der Waals surface area contributed by atoms with E-state index in [0.717, 1.165) is 24.8 Å². The van der Waals surface area contributed by atoms with E-state index >= 15 is 0 Å². The van der Waals surface area contributed by atoms with E-state index in [1.54, 1.807) is 0 Å². The number of carbonyl (C=O) groups excluding carboxylic acids is 1. The van der Waals surface area contributed by atoms with Crippen LogP contribution in [0.5, 0.6) is 0 Å². The predicted molar refractivity (Wildman–Crippen MR) is 102 cm³/mol. The molecule has 2 heteroatoms. The lowest BCUT2D eigenvalue weighted by molar-refractivity contribution is -0.112. The summed E-state index contributed by atoms with van der Waals surface area (Å²) in [6.45, 7) is 0.736. The molecule has 0 aliphatic heterocycles. The summed E-state index contributed by atoms with van der Waals surface area (Å²) in [7, 11) is 0. The summed E-state index contributed by atoms with van der Waals surface area (Å²) in [5.41, 5.74) is 3.54. The Balaban J connectivity index is 1.80. The van der Waals surface area contributed by atoms with Crippen molar-refractivity contribution < 1.29 is 4.79 Å². The maximum absolute atomic E-state index is 11.9. The predicted octanol–water partition coefficient (Wildman–Crippen LogP) is 4.58. The van der Waals surface area contributed by atoms with Crippen molar-refractivity contribution in [3.05, 3.63) is 108 Å². The van der Waals surface area contributed by atoms with Crippen LogP contribution < -0.4 is 5.32 Å². The number of benzene rings is 3. The van der Waals surface area contributed by atoms with E-state index in [4.69, 9.17) is 0 Å². The first-order valence-electron chi connectivity index (χ1n) is 8.68. The minimum atomic E-state index is -0.117. The second kappa shape index (κ2) is 8.95. The standard InChI is InChI=1S/C23H23NO/c25-18-22(16-19-10-4-1-5-11-19)23(21-14-8-3-9-15-21)24-17-20-12-6-2-7-13-20/h1-15,18,22-24H,16-17H2. The molecule has 3 rings (SSSR count). The Morgan fingerprint density at radius 3 is 1.80 bits per heavy atom. The fourth-order valence-corrected chi connectivity index (χ4v) is 3.13. The average molecular weight is 329 g/mol. The van der Waals surface area contributed by atoms with Gasteiger partial charge < -0.3 is 10.1 Å². The zero-order valence-corrected chi connectivity index (χ0v) is 14.2. The highest BCUT2D eigenvalue weighted by molar-refractivity contribution is 5.56. The van der Waals surface area contributed by atoms with Crippen molar-refractivity contribution in [2.75, 3.05) is 0 Å². The number of nitrogens with one attached hydrogen (secondary N) is 1. The van der Waals surface area contributed by atoms with Crippen molar-refractivity contribution in [2.45, 2.75) is 19.0 Å². The Kier molecular flexibility index (Phi) is 6.13. The topological polar surface area (TPSA) is 29.1 Å². The van der Waals surface area contributed by atoms with Crippen LogP contribution in [-0.4, -0.2) is 6.29 Å². The molecule has 0 saturated carbocycles. The average Bonchev–Trinajstić information content (AvgIpc) is 2.69. The van der Waals surface area contributed by atoms with Gasteiger partial charge in [0.2, 0.25) is 0 Å². The van der Waals surface area contributed by atoms with Gasteiger partial charge >= 0.3 is 0 Å². The summed E-state index contributed by atoms with van der Waals surface area (Å²) in [4.78, 5) is 11.9. The quantitative estimate of drug-likeness (QED) is 0.613. The lowest BCUT2D eigenvalue weighted by atomic mass is 9.88. The van der Waals surface area contributed by atoms with Gasteiger partial charge in [0.25, 0.3) is 0 Å². The zero-order chi connectivity index (χ0) is 17.3. The summed E-state index contributed by atoms with van der Waals surface area (Å²) in [6.07, 6.45) is 1.81. The van der Waals surface area contributed by atoms with E-state index in [-0.39, 0.29) is 12.0 Å². The molecule has 0 amide bonds. The van der Waals surface area contributed by atoms with E-state index < -0.39 is 0 Å². The van der Waals surface area contributed by atoms with E-state index in [9.17, 15) is 4.79 Å². The van der Waals surface area contributed by atoms with Crippen molar-refractivity contribution in [1.82, 2.24) is 5.32 Å². The van der Waals surface area contributed by atoms with E-state index in [0.29, 0.717) is 0 Å². The number of carbonyl (C=O) groups is 1. The summed E-state index contributed by atoms with van der Waals surface area (Å²) in [6, 6.07) is 30.7. The molecule has 0 aromatic heterocycles. The zero-order valence-electron chi connectivity index (χ0n) is 14.2. The van der Waals surface area contributed by atoms with Gasteiger partial charge in [0.1, 0.15) is 6.29 Å². The fourth-order valence-electron chi connectivity index (χ4n) is 3.13. The Hall–Kier alpha value is -2.71. The molecule has 0 fully saturated rings. The van der Waals surface area contributed by atoms with Crippen LogP contribution in [0.25, 0.3) is 0 Å². The molecule has 0 bridgehead atoms. The van der Waals surface area contributed by atoms with Gasteiger partial charge in [0.15, 0.2) is 0 Å². The molecule has 0 heterocycles. The molecule has 3 aromatic rings. The van der Waals surface area contributed by atoms with Crippen LogP contribution in [0.3, 0.4) is 0 Å². The summed E-state index contributed by atoms with van der Waals surface area (Å²) in [5, 5.41) is 3.59. The number of aldehydes is 1. The van der Waals surface area contributed by atoms with Crippen LogP contribution in [0, 0.1) is 5.92 Å². The summed E-state index contributed by atoms with van der Waals surface area (Å²) >= 11 is 0. The Morgan fingerprint density at radius 2 is 1.24 bits per heavy atom. The molecule has 25 heavy (non-hydrogen) atoms. The van der Waals surface area contributed by atoms with Crippen molar-refractivity contribution in [3.8, 4) is 0 Å². The molecule has 2 atom stereocenters. The van der Waals surface area contributed by atoms with Gasteiger partial charge in [0, 0.05) is 18.5 Å². The third-order valence-corrected chi connectivity index (χ3v) is 4.44. The van der Waals surface area contributed by atoms with Crippen LogP contribution in [-0.2, 0) is 17.8 Å².